The summed E-state index contributed by atoms with van der Waals surface area (Å²) in [6.07, 6.45) is 0.167. The van der Waals surface area contributed by atoms with Crippen molar-refractivity contribution in [3.8, 4) is 0 Å². The minimum absolute atomic E-state index is 0.0474. The molecule has 1 amide bonds. The molecule has 6 nitrogen and oxygen atoms in total. The van der Waals surface area contributed by atoms with Gasteiger partial charge in [0.1, 0.15) is 17.2 Å². The number of carbonyl (C=O) groups excluding carboxylic acids is 2. The van der Waals surface area contributed by atoms with Gasteiger partial charge >= 0.3 is 12.1 Å². The molecule has 0 radical (unpaired) electrons. The van der Waals surface area contributed by atoms with Crippen LogP contribution in [0, 0.1) is 0 Å². The van der Waals surface area contributed by atoms with Crippen LogP contribution in [0.4, 0.5) is 4.79 Å². The van der Waals surface area contributed by atoms with Gasteiger partial charge in [0, 0.05) is 0 Å². The highest BCUT2D eigenvalue weighted by molar-refractivity contribution is 5.82. The van der Waals surface area contributed by atoms with E-state index in [1.54, 1.807) is 48.5 Å². The van der Waals surface area contributed by atoms with Crippen molar-refractivity contribution in [2.75, 3.05) is 6.54 Å². The maximum absolute atomic E-state index is 12.4. The molecule has 1 fully saturated rings. The monoisotopic (exact) mass is 315 g/mol. The second kappa shape index (κ2) is 6.07. The maximum atomic E-state index is 12.4. The molecule has 1 heterocycles. The van der Waals surface area contributed by atoms with Crippen molar-refractivity contribution in [1.29, 1.82) is 0 Å². The standard InChI is InChI=1S/C16H29NO5/c1-14(2,3)21-12(18)11-8-9-16(7,20)10-17(11)13(19)22-15(4,5)6/h11,20H,8-10H2,1-7H3/t11-,16-/m1/s1. The molecule has 2 atom stereocenters. The SMILES string of the molecule is CC(C)(C)OC(=O)[C@H]1CC[C@@](C)(O)CN1C(=O)OC(C)(C)C. The molecule has 0 aromatic carbocycles. The van der Waals surface area contributed by atoms with Crippen molar-refractivity contribution < 1.29 is 24.2 Å². The molecule has 0 aromatic rings. The Morgan fingerprint density at radius 2 is 1.59 bits per heavy atom. The van der Waals surface area contributed by atoms with Crippen molar-refractivity contribution in [1.82, 2.24) is 4.90 Å². The first-order valence-electron chi connectivity index (χ1n) is 7.65. The van der Waals surface area contributed by atoms with Crippen LogP contribution in [0.15, 0.2) is 0 Å². The fraction of sp³-hybridized carbons (Fsp3) is 0.875. The predicted octanol–water partition coefficient (Wildman–Crippen LogP) is 2.48. The van der Waals surface area contributed by atoms with E-state index in [1.165, 1.54) is 4.90 Å². The Balaban J connectivity index is 2.93. The van der Waals surface area contributed by atoms with Crippen LogP contribution in [0.25, 0.3) is 0 Å². The molecule has 0 aliphatic carbocycles. The van der Waals surface area contributed by atoms with Crippen molar-refractivity contribution in [2.24, 2.45) is 0 Å². The summed E-state index contributed by atoms with van der Waals surface area (Å²) in [5.74, 6) is -0.464. The minimum atomic E-state index is -1.03. The summed E-state index contributed by atoms with van der Waals surface area (Å²) >= 11 is 0. The Morgan fingerprint density at radius 1 is 1.09 bits per heavy atom. The molecular weight excluding hydrogens is 286 g/mol. The molecule has 1 rings (SSSR count). The average Bonchev–Trinajstić information content (AvgIpc) is 2.22. The van der Waals surface area contributed by atoms with E-state index in [2.05, 4.69) is 0 Å². The van der Waals surface area contributed by atoms with Gasteiger partial charge < -0.3 is 14.6 Å². The maximum Gasteiger partial charge on any atom is 0.411 e. The molecule has 22 heavy (non-hydrogen) atoms. The lowest BCUT2D eigenvalue weighted by Crippen LogP contribution is -2.58. The molecule has 0 bridgehead atoms. The normalized spacial score (nSPS) is 26.5. The summed E-state index contributed by atoms with van der Waals surface area (Å²) in [4.78, 5) is 26.0. The zero-order chi connectivity index (χ0) is 17.3. The van der Waals surface area contributed by atoms with Gasteiger partial charge in [0.2, 0.25) is 0 Å². The van der Waals surface area contributed by atoms with E-state index in [1.807, 2.05) is 0 Å². The topological polar surface area (TPSA) is 76.1 Å². The van der Waals surface area contributed by atoms with Crippen LogP contribution < -0.4 is 0 Å². The lowest BCUT2D eigenvalue weighted by Gasteiger charge is -2.42. The highest BCUT2D eigenvalue weighted by atomic mass is 16.6. The first kappa shape index (κ1) is 18.7. The van der Waals surface area contributed by atoms with E-state index in [9.17, 15) is 14.7 Å². The van der Waals surface area contributed by atoms with E-state index in [0.717, 1.165) is 0 Å². The Morgan fingerprint density at radius 3 is 2.05 bits per heavy atom. The van der Waals surface area contributed by atoms with Crippen LogP contribution in [-0.2, 0) is 14.3 Å². The highest BCUT2D eigenvalue weighted by Crippen LogP contribution is 2.28. The molecular formula is C16H29NO5. The van der Waals surface area contributed by atoms with Crippen LogP contribution >= 0.6 is 0 Å². The molecule has 0 aromatic heterocycles. The van der Waals surface area contributed by atoms with Crippen molar-refractivity contribution >= 4 is 12.1 Å². The van der Waals surface area contributed by atoms with Crippen LogP contribution in [0.5, 0.6) is 0 Å². The fourth-order valence-electron chi connectivity index (χ4n) is 2.29. The molecule has 0 unspecified atom stereocenters. The second-order valence-corrected chi connectivity index (χ2v) is 8.19. The predicted molar refractivity (Wildman–Crippen MR) is 82.4 cm³/mol. The molecule has 6 heteroatoms. The van der Waals surface area contributed by atoms with Gasteiger partial charge in [-0.3, -0.25) is 4.90 Å². The van der Waals surface area contributed by atoms with Crippen LogP contribution in [0.2, 0.25) is 0 Å². The number of esters is 1. The number of aliphatic hydroxyl groups is 1. The number of hydrogen-bond acceptors (Lipinski definition) is 5. The van der Waals surface area contributed by atoms with Gasteiger partial charge in [0.25, 0.3) is 0 Å². The smallest absolute Gasteiger partial charge is 0.411 e. The van der Waals surface area contributed by atoms with E-state index in [-0.39, 0.29) is 6.54 Å². The Hall–Kier alpha value is -1.30. The fourth-order valence-corrected chi connectivity index (χ4v) is 2.29. The first-order valence-corrected chi connectivity index (χ1v) is 7.65. The number of rotatable bonds is 1. The molecule has 1 aliphatic heterocycles. The summed E-state index contributed by atoms with van der Waals surface area (Å²) in [6.45, 7) is 12.3. The zero-order valence-corrected chi connectivity index (χ0v) is 14.7. The van der Waals surface area contributed by atoms with Crippen LogP contribution in [-0.4, -0.2) is 51.5 Å². The summed E-state index contributed by atoms with van der Waals surface area (Å²) in [5, 5.41) is 10.2. The molecule has 1 aliphatic rings. The van der Waals surface area contributed by atoms with Crippen LogP contribution in [0.1, 0.15) is 61.3 Å². The van der Waals surface area contributed by atoms with Crippen LogP contribution in [0.3, 0.4) is 0 Å². The number of amides is 1. The molecule has 128 valence electrons. The largest absolute Gasteiger partial charge is 0.458 e. The van der Waals surface area contributed by atoms with Crippen molar-refractivity contribution in [2.45, 2.75) is 84.2 Å². The average molecular weight is 315 g/mol. The third-order valence-corrected chi connectivity index (χ3v) is 3.15. The molecule has 1 N–H and O–H groups in total. The Kier molecular flexibility index (Phi) is 5.17. The zero-order valence-electron chi connectivity index (χ0n) is 14.7. The van der Waals surface area contributed by atoms with Gasteiger partial charge in [0.15, 0.2) is 0 Å². The minimum Gasteiger partial charge on any atom is -0.458 e. The van der Waals surface area contributed by atoms with Gasteiger partial charge in [-0.2, -0.15) is 0 Å². The van der Waals surface area contributed by atoms with Gasteiger partial charge in [-0.25, -0.2) is 9.59 Å². The second-order valence-electron chi connectivity index (χ2n) is 8.19. The summed E-state index contributed by atoms with van der Waals surface area (Å²) in [5.41, 5.74) is -2.33. The van der Waals surface area contributed by atoms with Gasteiger partial charge in [0.05, 0.1) is 12.1 Å². The number of piperidine rings is 1. The number of hydrogen-bond donors (Lipinski definition) is 1. The summed E-state index contributed by atoms with van der Waals surface area (Å²) in [6, 6.07) is -0.728. The lowest BCUT2D eigenvalue weighted by atomic mass is 9.90. The molecule has 1 saturated heterocycles. The quantitative estimate of drug-likeness (QED) is 0.752. The summed E-state index contributed by atoms with van der Waals surface area (Å²) < 4.78 is 10.7. The van der Waals surface area contributed by atoms with E-state index in [4.69, 9.17) is 9.47 Å². The van der Waals surface area contributed by atoms with Crippen molar-refractivity contribution in [3.05, 3.63) is 0 Å². The molecule has 0 spiro atoms. The highest BCUT2D eigenvalue weighted by Gasteiger charge is 2.43. The molecule has 0 saturated carbocycles. The first-order chi connectivity index (χ1) is 9.70. The van der Waals surface area contributed by atoms with Gasteiger partial charge in [-0.1, -0.05) is 0 Å². The number of carbonyl (C=O) groups is 2. The van der Waals surface area contributed by atoms with Gasteiger partial charge in [-0.05, 0) is 61.3 Å². The third kappa shape index (κ3) is 5.83. The number of likely N-dealkylation sites (tertiary alicyclic amines) is 1. The van der Waals surface area contributed by atoms with Gasteiger partial charge in [-0.15, -0.1) is 0 Å². The van der Waals surface area contributed by atoms with E-state index >= 15 is 0 Å². The lowest BCUT2D eigenvalue weighted by molar-refractivity contribution is -0.165. The number of ether oxygens (including phenoxy) is 2. The number of nitrogens with zero attached hydrogens (tertiary/aromatic N) is 1. The van der Waals surface area contributed by atoms with E-state index < -0.39 is 34.9 Å². The Bertz CT molecular complexity index is 431. The summed E-state index contributed by atoms with van der Waals surface area (Å²) in [7, 11) is 0. The third-order valence-electron chi connectivity index (χ3n) is 3.15. The van der Waals surface area contributed by atoms with E-state index in [0.29, 0.717) is 12.8 Å². The number of β-amino-alcohol motifs (C(OH)–C–C–N with tert-alkyl or cyclic N) is 1. The Labute approximate surface area is 132 Å². The van der Waals surface area contributed by atoms with Crippen molar-refractivity contribution in [3.63, 3.8) is 0 Å².